The standard InChI is InChI=1S/C36H54N4O22P4/c1-18-13-39(35(44)37-33(18)42)30-11-25(20(3)56-30)61-66(49)58-21(4)32-24(7-10-52-32)60-64(47)54-16-28-23(6-9-51-28)59-63(46)55-17-29-26(62-65(48)53-15-27-22(41)5-8-50-27)12-31(57-29)40-14-19(2)34(43)38-36(40)45/h13-14,20,22-32,41,63-66H,4-12,15-17H2,1-3H3,(H,37,42,44)(H,38,43,45)/t20-,22+,23+,24+,25+,26+,27-,28-,29-,30-,31-,32-/m1/s1. The van der Waals surface area contributed by atoms with E-state index in [2.05, 4.69) is 16.5 Å². The van der Waals surface area contributed by atoms with Crippen molar-refractivity contribution in [2.45, 2.75) is 126 Å². The van der Waals surface area contributed by atoms with Gasteiger partial charge in [0.15, 0.2) is 0 Å². The zero-order valence-corrected chi connectivity index (χ0v) is 40.0. The molecule has 0 bridgehead atoms. The van der Waals surface area contributed by atoms with Crippen molar-refractivity contribution in [2.75, 3.05) is 39.6 Å². The Morgan fingerprint density at radius 2 is 1.15 bits per heavy atom. The Bertz CT molecular complexity index is 2380. The van der Waals surface area contributed by atoms with E-state index >= 15 is 0 Å². The van der Waals surface area contributed by atoms with Gasteiger partial charge in [-0.1, -0.05) is 6.58 Å². The van der Waals surface area contributed by atoms with Crippen LogP contribution in [0.3, 0.4) is 0 Å². The molecule has 66 heavy (non-hydrogen) atoms. The summed E-state index contributed by atoms with van der Waals surface area (Å²) < 4.78 is 127. The highest BCUT2D eigenvalue weighted by Gasteiger charge is 2.42. The lowest BCUT2D eigenvalue weighted by Crippen LogP contribution is -2.33. The van der Waals surface area contributed by atoms with E-state index in [9.17, 15) is 42.5 Å². The van der Waals surface area contributed by atoms with Crippen molar-refractivity contribution < 1.29 is 83.2 Å². The molecule has 26 nitrogen and oxygen atoms in total. The molecular weight excluding hydrogens is 964 g/mol. The zero-order valence-electron chi connectivity index (χ0n) is 36.0. The highest BCUT2D eigenvalue weighted by Crippen LogP contribution is 2.43. The maximum absolute atomic E-state index is 13.1. The molecule has 5 aliphatic rings. The molecule has 3 N–H and O–H groups in total. The van der Waals surface area contributed by atoms with Crippen LogP contribution in [0.1, 0.15) is 62.6 Å². The maximum Gasteiger partial charge on any atom is 0.367 e. The summed E-state index contributed by atoms with van der Waals surface area (Å²) >= 11 is 0. The van der Waals surface area contributed by atoms with Crippen LogP contribution >= 0.6 is 33.0 Å². The van der Waals surface area contributed by atoms with E-state index in [0.717, 1.165) is 4.57 Å². The highest BCUT2D eigenvalue weighted by atomic mass is 31.1. The number of hydrogen-bond acceptors (Lipinski definition) is 22. The molecular formula is C36H54N4O22P4. The number of aliphatic hydroxyl groups excluding tert-OH is 1. The minimum atomic E-state index is -3.27. The minimum Gasteiger partial charge on any atom is -0.428 e. The SMILES string of the molecule is C=C(O[PH](=O)O[C@H]1C[C@H](n2cc(C)c(=O)[nH]c2=O)O[C@@H]1C)[C@H]1OCC[C@@H]1O[PH](=O)OC[C@H]1OCC[C@@H]1O[PH](=O)OC[C@H]1O[C@@H](n2cc(C)c(=O)[nH]c2=O)C[C@@H]1O[PH](=O)OC[C@H]1OCC[C@@H]1O. The van der Waals surface area contributed by atoms with Crippen molar-refractivity contribution in [3.05, 3.63) is 77.5 Å². The minimum absolute atomic E-state index is 0.0349. The van der Waals surface area contributed by atoms with Crippen LogP contribution in [0.4, 0.5) is 0 Å². The van der Waals surface area contributed by atoms with Gasteiger partial charge in [-0.25, -0.2) is 14.2 Å². The second-order valence-corrected chi connectivity index (χ2v) is 20.0. The van der Waals surface area contributed by atoms with Crippen LogP contribution in [0.2, 0.25) is 0 Å². The summed E-state index contributed by atoms with van der Waals surface area (Å²) in [4.78, 5) is 53.2. The Hall–Kier alpha value is -2.70. The van der Waals surface area contributed by atoms with Gasteiger partial charge >= 0.3 is 44.4 Å². The molecule has 16 atom stereocenters. The number of ether oxygens (including phenoxy) is 5. The monoisotopic (exact) mass is 1020 g/mol. The third-order valence-corrected chi connectivity index (χ3v) is 15.0. The van der Waals surface area contributed by atoms with Crippen LogP contribution in [-0.4, -0.2) is 125 Å². The molecule has 0 saturated carbocycles. The Labute approximate surface area is 378 Å². The fourth-order valence-corrected chi connectivity index (χ4v) is 11.3. The number of aryl methyl sites for hydroxylation is 2. The fourth-order valence-electron chi connectivity index (χ4n) is 7.79. The average Bonchev–Trinajstić information content (AvgIpc) is 4.12. The third kappa shape index (κ3) is 13.1. The predicted molar refractivity (Wildman–Crippen MR) is 228 cm³/mol. The van der Waals surface area contributed by atoms with E-state index in [1.54, 1.807) is 13.8 Å². The van der Waals surface area contributed by atoms with Crippen molar-refractivity contribution >= 4 is 33.0 Å². The Morgan fingerprint density at radius 1 is 0.667 bits per heavy atom. The molecule has 7 rings (SSSR count). The fraction of sp³-hybridized carbons (Fsp3) is 0.722. The number of aliphatic hydroxyl groups is 1. The topological polar surface area (TPSA) is 318 Å². The van der Waals surface area contributed by atoms with Crippen molar-refractivity contribution in [1.82, 2.24) is 19.1 Å². The lowest BCUT2D eigenvalue weighted by molar-refractivity contribution is -0.0426. The van der Waals surface area contributed by atoms with Gasteiger partial charge in [-0.2, -0.15) is 0 Å². The van der Waals surface area contributed by atoms with Crippen LogP contribution < -0.4 is 22.5 Å². The van der Waals surface area contributed by atoms with E-state index in [1.165, 1.54) is 23.9 Å². The molecule has 0 spiro atoms. The molecule has 0 radical (unpaired) electrons. The van der Waals surface area contributed by atoms with Crippen molar-refractivity contribution in [3.8, 4) is 0 Å². The summed E-state index contributed by atoms with van der Waals surface area (Å²) in [6.07, 6.45) is -6.35. The number of nitrogens with zero attached hydrogens (tertiary/aromatic N) is 2. The first-order chi connectivity index (χ1) is 31.5. The molecule has 30 heteroatoms. The molecule has 4 unspecified atom stereocenters. The van der Waals surface area contributed by atoms with E-state index in [0.29, 0.717) is 18.6 Å². The van der Waals surface area contributed by atoms with Gasteiger partial charge in [0.05, 0.1) is 56.9 Å². The van der Waals surface area contributed by atoms with Gasteiger partial charge in [0.1, 0.15) is 48.7 Å². The summed E-state index contributed by atoms with van der Waals surface area (Å²) in [7, 11) is -12.9. The van der Waals surface area contributed by atoms with E-state index in [1.807, 2.05) is 0 Å². The van der Waals surface area contributed by atoms with Crippen LogP contribution in [-0.2, 0) is 78.1 Å². The summed E-state index contributed by atoms with van der Waals surface area (Å²) in [5.74, 6) is -0.0980. The number of nitrogens with one attached hydrogen (secondary N) is 2. The second kappa shape index (κ2) is 23.3. The van der Waals surface area contributed by atoms with Gasteiger partial charge in [-0.05, 0) is 27.2 Å². The third-order valence-electron chi connectivity index (χ3n) is 11.4. The van der Waals surface area contributed by atoms with Gasteiger partial charge in [0, 0.05) is 62.4 Å². The smallest absolute Gasteiger partial charge is 0.367 e. The van der Waals surface area contributed by atoms with Crippen molar-refractivity contribution in [2.24, 2.45) is 0 Å². The summed E-state index contributed by atoms with van der Waals surface area (Å²) in [6.45, 7) is 8.33. The van der Waals surface area contributed by atoms with Crippen LogP contribution in [0.15, 0.2) is 43.9 Å². The molecule has 0 amide bonds. The van der Waals surface area contributed by atoms with Crippen LogP contribution in [0, 0.1) is 13.8 Å². The molecule has 5 aliphatic heterocycles. The molecule has 2 aromatic rings. The molecule has 370 valence electrons. The van der Waals surface area contributed by atoms with Crippen molar-refractivity contribution in [1.29, 1.82) is 0 Å². The number of H-pyrrole nitrogens is 2. The van der Waals surface area contributed by atoms with E-state index < -0.39 is 136 Å². The Morgan fingerprint density at radius 3 is 1.77 bits per heavy atom. The molecule has 7 heterocycles. The number of rotatable bonds is 22. The highest BCUT2D eigenvalue weighted by molar-refractivity contribution is 7.34. The van der Waals surface area contributed by atoms with E-state index in [-0.39, 0.29) is 63.4 Å². The molecule has 2 aromatic heterocycles. The number of aromatic nitrogens is 4. The number of aromatic amines is 2. The lowest BCUT2D eigenvalue weighted by atomic mass is 10.2. The quantitative estimate of drug-likeness (QED) is 0.112. The summed E-state index contributed by atoms with van der Waals surface area (Å²) in [5, 5.41) is 9.99. The molecule has 0 aliphatic carbocycles. The first-order valence-electron chi connectivity index (χ1n) is 21.1. The normalized spacial score (nSPS) is 33.0. The first-order valence-corrected chi connectivity index (χ1v) is 26.0. The number of hydrogen-bond donors (Lipinski definition) is 3. The molecule has 5 fully saturated rings. The van der Waals surface area contributed by atoms with Crippen LogP contribution in [0.5, 0.6) is 0 Å². The van der Waals surface area contributed by atoms with Gasteiger partial charge < -0.3 is 60.5 Å². The van der Waals surface area contributed by atoms with Crippen LogP contribution in [0.25, 0.3) is 0 Å². The zero-order chi connectivity index (χ0) is 47.2. The largest absolute Gasteiger partial charge is 0.428 e. The second-order valence-electron chi connectivity index (χ2n) is 16.0. The van der Waals surface area contributed by atoms with Gasteiger partial charge in [-0.3, -0.25) is 46.9 Å². The van der Waals surface area contributed by atoms with Gasteiger partial charge in [0.25, 0.3) is 11.1 Å². The van der Waals surface area contributed by atoms with Crippen molar-refractivity contribution in [3.63, 3.8) is 0 Å². The van der Waals surface area contributed by atoms with E-state index in [4.69, 9.17) is 59.9 Å². The van der Waals surface area contributed by atoms with Gasteiger partial charge in [0.2, 0.25) is 0 Å². The summed E-state index contributed by atoms with van der Waals surface area (Å²) in [5.41, 5.74) is -1.99. The summed E-state index contributed by atoms with van der Waals surface area (Å²) in [6, 6.07) is 0. The Kier molecular flexibility index (Phi) is 18.0. The lowest BCUT2D eigenvalue weighted by Gasteiger charge is -2.23. The molecule has 5 saturated heterocycles. The predicted octanol–water partition coefficient (Wildman–Crippen LogP) is 1.71. The Balaban J connectivity index is 0.854. The average molecular weight is 1020 g/mol. The van der Waals surface area contributed by atoms with Gasteiger partial charge in [-0.15, -0.1) is 0 Å². The molecule has 0 aromatic carbocycles. The first kappa shape index (κ1) is 51.2. The maximum atomic E-state index is 13.1.